The van der Waals surface area contributed by atoms with E-state index in [0.717, 1.165) is 0 Å². The lowest BCUT2D eigenvalue weighted by atomic mass is 9.86. The van der Waals surface area contributed by atoms with Crippen molar-refractivity contribution >= 4 is 11.8 Å². The van der Waals surface area contributed by atoms with Crippen molar-refractivity contribution in [1.82, 2.24) is 10.2 Å². The zero-order chi connectivity index (χ0) is 13.3. The SMILES string of the molecule is CCC1(C)C(=O)NC(C)(C)C(=O)N1CCOC. The fourth-order valence-corrected chi connectivity index (χ4v) is 2.04. The number of amides is 2. The number of piperazine rings is 1. The molecule has 0 radical (unpaired) electrons. The number of rotatable bonds is 4. The van der Waals surface area contributed by atoms with E-state index < -0.39 is 11.1 Å². The van der Waals surface area contributed by atoms with Gasteiger partial charge in [0.2, 0.25) is 11.8 Å². The Morgan fingerprint density at radius 1 is 1.29 bits per heavy atom. The summed E-state index contributed by atoms with van der Waals surface area (Å²) in [6.45, 7) is 8.03. The monoisotopic (exact) mass is 242 g/mol. The van der Waals surface area contributed by atoms with Gasteiger partial charge in [-0.2, -0.15) is 0 Å². The second-order valence-corrected chi connectivity index (χ2v) is 5.16. The first-order valence-electron chi connectivity index (χ1n) is 5.93. The molecule has 1 heterocycles. The Labute approximate surface area is 102 Å². The lowest BCUT2D eigenvalue weighted by Gasteiger charge is -2.48. The number of nitrogens with zero attached hydrogens (tertiary/aromatic N) is 1. The van der Waals surface area contributed by atoms with Crippen LogP contribution in [0.4, 0.5) is 0 Å². The molecule has 0 spiro atoms. The van der Waals surface area contributed by atoms with Gasteiger partial charge in [0.25, 0.3) is 0 Å². The van der Waals surface area contributed by atoms with E-state index in [-0.39, 0.29) is 11.8 Å². The molecule has 1 unspecified atom stereocenters. The normalized spacial score (nSPS) is 28.2. The number of carbonyl (C=O) groups is 2. The van der Waals surface area contributed by atoms with Crippen LogP contribution in [0.15, 0.2) is 0 Å². The Balaban J connectivity index is 3.05. The summed E-state index contributed by atoms with van der Waals surface area (Å²) in [6, 6.07) is 0. The predicted molar refractivity (Wildman–Crippen MR) is 64.5 cm³/mol. The molecule has 0 aliphatic carbocycles. The third-order valence-electron chi connectivity index (χ3n) is 3.50. The number of ether oxygens (including phenoxy) is 1. The molecular weight excluding hydrogens is 220 g/mol. The zero-order valence-corrected chi connectivity index (χ0v) is 11.3. The highest BCUT2D eigenvalue weighted by atomic mass is 16.5. The third kappa shape index (κ3) is 2.29. The van der Waals surface area contributed by atoms with Gasteiger partial charge in [0, 0.05) is 13.7 Å². The van der Waals surface area contributed by atoms with Gasteiger partial charge in [-0.15, -0.1) is 0 Å². The van der Waals surface area contributed by atoms with E-state index in [1.165, 1.54) is 0 Å². The predicted octanol–water partition coefficient (Wildman–Crippen LogP) is 0.539. The number of methoxy groups -OCH3 is 1. The van der Waals surface area contributed by atoms with E-state index in [1.807, 2.05) is 6.92 Å². The van der Waals surface area contributed by atoms with E-state index in [0.29, 0.717) is 19.6 Å². The molecule has 17 heavy (non-hydrogen) atoms. The first-order valence-corrected chi connectivity index (χ1v) is 5.93. The first-order chi connectivity index (χ1) is 7.79. The van der Waals surface area contributed by atoms with E-state index in [9.17, 15) is 9.59 Å². The van der Waals surface area contributed by atoms with Gasteiger partial charge in [-0.1, -0.05) is 6.92 Å². The summed E-state index contributed by atoms with van der Waals surface area (Å²) in [6.07, 6.45) is 0.588. The van der Waals surface area contributed by atoms with Crippen LogP contribution in [0.5, 0.6) is 0 Å². The summed E-state index contributed by atoms with van der Waals surface area (Å²) in [5, 5.41) is 2.78. The van der Waals surface area contributed by atoms with Gasteiger partial charge in [0.1, 0.15) is 11.1 Å². The van der Waals surface area contributed by atoms with Gasteiger partial charge in [0.05, 0.1) is 6.61 Å². The van der Waals surface area contributed by atoms with Crippen molar-refractivity contribution in [2.45, 2.75) is 45.2 Å². The van der Waals surface area contributed by atoms with Crippen LogP contribution in [0.1, 0.15) is 34.1 Å². The van der Waals surface area contributed by atoms with Crippen molar-refractivity contribution in [2.75, 3.05) is 20.3 Å². The molecular formula is C12H22N2O3. The van der Waals surface area contributed by atoms with Crippen molar-refractivity contribution in [3.63, 3.8) is 0 Å². The number of hydrogen-bond donors (Lipinski definition) is 1. The lowest BCUT2D eigenvalue weighted by Crippen LogP contribution is -2.73. The molecule has 0 bridgehead atoms. The van der Waals surface area contributed by atoms with Crippen molar-refractivity contribution < 1.29 is 14.3 Å². The van der Waals surface area contributed by atoms with Crippen molar-refractivity contribution in [1.29, 1.82) is 0 Å². The lowest BCUT2D eigenvalue weighted by molar-refractivity contribution is -0.161. The number of hydrogen-bond acceptors (Lipinski definition) is 3. The van der Waals surface area contributed by atoms with Crippen LogP contribution in [0, 0.1) is 0 Å². The minimum absolute atomic E-state index is 0.0569. The van der Waals surface area contributed by atoms with E-state index in [1.54, 1.807) is 32.8 Å². The van der Waals surface area contributed by atoms with Gasteiger partial charge in [-0.05, 0) is 27.2 Å². The number of carbonyl (C=O) groups excluding carboxylic acids is 2. The molecule has 0 saturated carbocycles. The maximum absolute atomic E-state index is 12.3. The van der Waals surface area contributed by atoms with Gasteiger partial charge >= 0.3 is 0 Å². The van der Waals surface area contributed by atoms with Gasteiger partial charge in [0.15, 0.2) is 0 Å². The summed E-state index contributed by atoms with van der Waals surface area (Å²) in [5.74, 6) is -0.154. The van der Waals surface area contributed by atoms with E-state index in [4.69, 9.17) is 4.74 Å². The molecule has 0 aromatic carbocycles. The van der Waals surface area contributed by atoms with Crippen LogP contribution >= 0.6 is 0 Å². The largest absolute Gasteiger partial charge is 0.383 e. The van der Waals surface area contributed by atoms with Crippen molar-refractivity contribution in [2.24, 2.45) is 0 Å². The molecule has 5 heteroatoms. The van der Waals surface area contributed by atoms with Crippen LogP contribution in [0.3, 0.4) is 0 Å². The second-order valence-electron chi connectivity index (χ2n) is 5.16. The Kier molecular flexibility index (Phi) is 3.81. The highest BCUT2D eigenvalue weighted by Crippen LogP contribution is 2.28. The third-order valence-corrected chi connectivity index (χ3v) is 3.50. The maximum Gasteiger partial charge on any atom is 0.248 e. The highest BCUT2D eigenvalue weighted by Gasteiger charge is 2.51. The molecule has 2 amide bonds. The second kappa shape index (κ2) is 4.64. The Hall–Kier alpha value is -1.10. The van der Waals surface area contributed by atoms with E-state index >= 15 is 0 Å². The summed E-state index contributed by atoms with van der Waals surface area (Å²) < 4.78 is 5.01. The maximum atomic E-state index is 12.3. The van der Waals surface area contributed by atoms with Gasteiger partial charge in [-0.3, -0.25) is 9.59 Å². The van der Waals surface area contributed by atoms with Crippen LogP contribution < -0.4 is 5.32 Å². The van der Waals surface area contributed by atoms with Gasteiger partial charge < -0.3 is 15.0 Å². The molecule has 1 N–H and O–H groups in total. The topological polar surface area (TPSA) is 58.6 Å². The molecule has 0 aromatic heterocycles. The molecule has 0 aromatic rings. The fourth-order valence-electron chi connectivity index (χ4n) is 2.04. The molecule has 5 nitrogen and oxygen atoms in total. The summed E-state index contributed by atoms with van der Waals surface area (Å²) in [7, 11) is 1.59. The van der Waals surface area contributed by atoms with Gasteiger partial charge in [-0.25, -0.2) is 0 Å². The smallest absolute Gasteiger partial charge is 0.248 e. The Bertz CT molecular complexity index is 328. The van der Waals surface area contributed by atoms with E-state index in [2.05, 4.69) is 5.32 Å². The molecule has 1 rings (SSSR count). The Morgan fingerprint density at radius 3 is 2.35 bits per heavy atom. The average molecular weight is 242 g/mol. The van der Waals surface area contributed by atoms with Crippen LogP contribution in [0.25, 0.3) is 0 Å². The number of nitrogens with one attached hydrogen (secondary N) is 1. The minimum Gasteiger partial charge on any atom is -0.383 e. The van der Waals surface area contributed by atoms with Crippen LogP contribution in [0.2, 0.25) is 0 Å². The molecule has 1 aliphatic rings. The Morgan fingerprint density at radius 2 is 1.88 bits per heavy atom. The summed E-state index contributed by atoms with van der Waals surface area (Å²) in [5.41, 5.74) is -1.61. The highest BCUT2D eigenvalue weighted by molar-refractivity contribution is 6.01. The van der Waals surface area contributed by atoms with Crippen LogP contribution in [-0.4, -0.2) is 48.1 Å². The standard InChI is InChI=1S/C12H22N2O3/c1-6-12(4)9(15)13-11(2,3)10(16)14(12)7-8-17-5/h6-8H2,1-5H3,(H,13,15). The molecule has 98 valence electrons. The molecule has 1 saturated heterocycles. The minimum atomic E-state index is -0.834. The van der Waals surface area contributed by atoms with Crippen molar-refractivity contribution in [3.8, 4) is 0 Å². The molecule has 1 fully saturated rings. The van der Waals surface area contributed by atoms with Crippen molar-refractivity contribution in [3.05, 3.63) is 0 Å². The van der Waals surface area contributed by atoms with Crippen LogP contribution in [-0.2, 0) is 14.3 Å². The average Bonchev–Trinajstić information content (AvgIpc) is 2.26. The first kappa shape index (κ1) is 14.0. The summed E-state index contributed by atoms with van der Waals surface area (Å²) in [4.78, 5) is 26.1. The quantitative estimate of drug-likeness (QED) is 0.782. The molecule has 1 aliphatic heterocycles. The fraction of sp³-hybridized carbons (Fsp3) is 0.833. The summed E-state index contributed by atoms with van der Waals surface area (Å²) >= 11 is 0. The zero-order valence-electron chi connectivity index (χ0n) is 11.3. The molecule has 1 atom stereocenters.